The van der Waals surface area contributed by atoms with Crippen molar-refractivity contribution in [2.24, 2.45) is 0 Å². The maximum absolute atomic E-state index is 12.0. The Bertz CT molecular complexity index is 633. The number of halogens is 2. The van der Waals surface area contributed by atoms with Gasteiger partial charge in [0.05, 0.1) is 28.4 Å². The molecule has 2 N–H and O–H groups in total. The molecule has 0 aliphatic rings. The number of ether oxygens (including phenoxy) is 2. The number of carbonyl (C=O) groups excluding carboxylic acids is 1. The first-order valence-corrected chi connectivity index (χ1v) is 6.81. The largest absolute Gasteiger partial charge is 0.497 e. The fourth-order valence-corrected chi connectivity index (χ4v) is 2.14. The van der Waals surface area contributed by atoms with Gasteiger partial charge in [0.2, 0.25) is 0 Å². The third kappa shape index (κ3) is 3.80. The molecular weight excluding hydrogens is 313 g/mol. The van der Waals surface area contributed by atoms with Crippen molar-refractivity contribution in [2.45, 2.75) is 6.61 Å². The quantitative estimate of drug-likeness (QED) is 0.683. The van der Waals surface area contributed by atoms with Gasteiger partial charge in [-0.1, -0.05) is 35.3 Å². The van der Waals surface area contributed by atoms with Gasteiger partial charge in [0.15, 0.2) is 0 Å². The highest BCUT2D eigenvalue weighted by Gasteiger charge is 2.12. The van der Waals surface area contributed by atoms with Crippen molar-refractivity contribution in [1.29, 1.82) is 0 Å². The Labute approximate surface area is 132 Å². The van der Waals surface area contributed by atoms with E-state index in [9.17, 15) is 4.79 Å². The minimum Gasteiger partial charge on any atom is -0.497 e. The van der Waals surface area contributed by atoms with E-state index in [1.54, 1.807) is 19.2 Å². The Hall–Kier alpha value is -1.91. The van der Waals surface area contributed by atoms with E-state index in [0.29, 0.717) is 0 Å². The van der Waals surface area contributed by atoms with Crippen LogP contribution in [0.2, 0.25) is 10.0 Å². The summed E-state index contributed by atoms with van der Waals surface area (Å²) in [5, 5.41) is 0.442. The molecule has 6 heteroatoms. The fourth-order valence-electron chi connectivity index (χ4n) is 1.66. The Morgan fingerprint density at radius 3 is 2.24 bits per heavy atom. The molecule has 110 valence electrons. The molecule has 0 bridgehead atoms. The molecule has 2 aromatic carbocycles. The number of esters is 1. The first-order valence-electron chi connectivity index (χ1n) is 6.06. The number of anilines is 1. The molecule has 0 aromatic heterocycles. The van der Waals surface area contributed by atoms with E-state index in [0.717, 1.165) is 11.3 Å². The van der Waals surface area contributed by atoms with Crippen molar-refractivity contribution in [1.82, 2.24) is 0 Å². The maximum atomic E-state index is 12.0. The number of carbonyl (C=O) groups is 1. The predicted octanol–water partition coefficient (Wildman–Crippen LogP) is 3.94. The van der Waals surface area contributed by atoms with Crippen LogP contribution in [-0.4, -0.2) is 13.1 Å². The number of hydrogen-bond donors (Lipinski definition) is 1. The summed E-state index contributed by atoms with van der Waals surface area (Å²) in [7, 11) is 1.59. The molecule has 0 radical (unpaired) electrons. The lowest BCUT2D eigenvalue weighted by molar-refractivity contribution is 0.0473. The molecule has 0 amide bonds. The first-order chi connectivity index (χ1) is 10.0. The van der Waals surface area contributed by atoms with Gasteiger partial charge in [-0.3, -0.25) is 0 Å². The molecule has 0 atom stereocenters. The van der Waals surface area contributed by atoms with Crippen molar-refractivity contribution < 1.29 is 14.3 Å². The van der Waals surface area contributed by atoms with E-state index < -0.39 is 5.97 Å². The number of nitrogen functional groups attached to an aromatic ring is 1. The Kier molecular flexibility index (Phi) is 4.94. The van der Waals surface area contributed by atoms with Crippen LogP contribution in [0, 0.1) is 0 Å². The standard InChI is InChI=1S/C15H13Cl2NO3/c1-20-11-4-2-9(3-5-11)8-21-15(19)10-6-12(16)14(18)13(17)7-10/h2-7H,8,18H2,1H3. The molecule has 4 nitrogen and oxygen atoms in total. The number of nitrogens with two attached hydrogens (primary N) is 1. The van der Waals surface area contributed by atoms with Crippen LogP contribution in [0.3, 0.4) is 0 Å². The third-order valence-corrected chi connectivity index (χ3v) is 3.47. The van der Waals surface area contributed by atoms with E-state index in [-0.39, 0.29) is 27.9 Å². The lowest BCUT2D eigenvalue weighted by Crippen LogP contribution is -2.06. The maximum Gasteiger partial charge on any atom is 0.338 e. The van der Waals surface area contributed by atoms with Crippen LogP contribution in [0.5, 0.6) is 5.75 Å². The summed E-state index contributed by atoms with van der Waals surface area (Å²) in [6.07, 6.45) is 0. The molecule has 0 aliphatic carbocycles. The lowest BCUT2D eigenvalue weighted by Gasteiger charge is -2.08. The van der Waals surface area contributed by atoms with Gasteiger partial charge < -0.3 is 15.2 Å². The van der Waals surface area contributed by atoms with Crippen LogP contribution in [0.15, 0.2) is 36.4 Å². The van der Waals surface area contributed by atoms with Crippen LogP contribution >= 0.6 is 23.2 Å². The highest BCUT2D eigenvalue weighted by atomic mass is 35.5. The van der Waals surface area contributed by atoms with Crippen LogP contribution in [0.4, 0.5) is 5.69 Å². The second kappa shape index (κ2) is 6.70. The van der Waals surface area contributed by atoms with Crippen molar-refractivity contribution in [3.63, 3.8) is 0 Å². The number of methoxy groups -OCH3 is 1. The van der Waals surface area contributed by atoms with Gasteiger partial charge >= 0.3 is 5.97 Å². The van der Waals surface area contributed by atoms with Crippen LogP contribution in [0.25, 0.3) is 0 Å². The zero-order valence-electron chi connectivity index (χ0n) is 11.2. The van der Waals surface area contributed by atoms with Gasteiger partial charge in [-0.15, -0.1) is 0 Å². The molecule has 0 unspecified atom stereocenters. The summed E-state index contributed by atoms with van der Waals surface area (Å²) >= 11 is 11.8. The number of rotatable bonds is 4. The average molecular weight is 326 g/mol. The average Bonchev–Trinajstić information content (AvgIpc) is 2.50. The van der Waals surface area contributed by atoms with Gasteiger partial charge in [-0.25, -0.2) is 4.79 Å². The van der Waals surface area contributed by atoms with Gasteiger partial charge in [0.25, 0.3) is 0 Å². The number of benzene rings is 2. The second-order valence-electron chi connectivity index (χ2n) is 4.28. The van der Waals surface area contributed by atoms with E-state index >= 15 is 0 Å². The first kappa shape index (κ1) is 15.5. The molecule has 0 fully saturated rings. The SMILES string of the molecule is COc1ccc(COC(=O)c2cc(Cl)c(N)c(Cl)c2)cc1. The smallest absolute Gasteiger partial charge is 0.338 e. The zero-order valence-corrected chi connectivity index (χ0v) is 12.7. The van der Waals surface area contributed by atoms with Crippen molar-refractivity contribution >= 4 is 34.9 Å². The molecule has 21 heavy (non-hydrogen) atoms. The molecule has 0 saturated carbocycles. The highest BCUT2D eigenvalue weighted by molar-refractivity contribution is 6.39. The molecule has 0 heterocycles. The predicted molar refractivity (Wildman–Crippen MR) is 83.0 cm³/mol. The Morgan fingerprint density at radius 2 is 1.71 bits per heavy atom. The topological polar surface area (TPSA) is 61.5 Å². The Balaban J connectivity index is 2.04. The molecule has 2 rings (SSSR count). The van der Waals surface area contributed by atoms with Gasteiger partial charge in [0, 0.05) is 0 Å². The molecular formula is C15H13Cl2NO3. The van der Waals surface area contributed by atoms with Crippen molar-refractivity contribution in [3.05, 3.63) is 57.6 Å². The summed E-state index contributed by atoms with van der Waals surface area (Å²) in [6.45, 7) is 0.141. The van der Waals surface area contributed by atoms with Gasteiger partial charge in [0.1, 0.15) is 12.4 Å². The minimum absolute atomic E-state index is 0.141. The van der Waals surface area contributed by atoms with Crippen molar-refractivity contribution in [2.75, 3.05) is 12.8 Å². The summed E-state index contributed by atoms with van der Waals surface area (Å²) in [6, 6.07) is 10.1. The third-order valence-electron chi connectivity index (χ3n) is 2.84. The monoisotopic (exact) mass is 325 g/mol. The zero-order chi connectivity index (χ0) is 15.4. The van der Waals surface area contributed by atoms with Gasteiger partial charge in [-0.2, -0.15) is 0 Å². The lowest BCUT2D eigenvalue weighted by atomic mass is 10.2. The van der Waals surface area contributed by atoms with Crippen LogP contribution in [0.1, 0.15) is 15.9 Å². The molecule has 0 saturated heterocycles. The number of hydrogen-bond acceptors (Lipinski definition) is 4. The second-order valence-corrected chi connectivity index (χ2v) is 5.09. The normalized spacial score (nSPS) is 10.2. The van der Waals surface area contributed by atoms with Crippen LogP contribution < -0.4 is 10.5 Å². The summed E-state index contributed by atoms with van der Waals surface area (Å²) in [5.74, 6) is 0.219. The molecule has 0 spiro atoms. The minimum atomic E-state index is -0.519. The summed E-state index contributed by atoms with van der Waals surface area (Å²) < 4.78 is 10.3. The van der Waals surface area contributed by atoms with Crippen molar-refractivity contribution in [3.8, 4) is 5.75 Å². The van der Waals surface area contributed by atoms with Crippen LogP contribution in [-0.2, 0) is 11.3 Å². The van der Waals surface area contributed by atoms with E-state index in [1.807, 2.05) is 12.1 Å². The summed E-state index contributed by atoms with van der Waals surface area (Å²) in [5.41, 5.74) is 6.96. The fraction of sp³-hybridized carbons (Fsp3) is 0.133. The Morgan fingerprint density at radius 1 is 1.14 bits per heavy atom. The highest BCUT2D eigenvalue weighted by Crippen LogP contribution is 2.29. The molecule has 0 aliphatic heterocycles. The van der Waals surface area contributed by atoms with E-state index in [1.165, 1.54) is 12.1 Å². The van der Waals surface area contributed by atoms with Gasteiger partial charge in [-0.05, 0) is 29.8 Å². The summed E-state index contributed by atoms with van der Waals surface area (Å²) in [4.78, 5) is 12.0. The van der Waals surface area contributed by atoms with E-state index in [2.05, 4.69) is 0 Å². The molecule has 2 aromatic rings. The van der Waals surface area contributed by atoms with E-state index in [4.69, 9.17) is 38.4 Å².